The maximum atomic E-state index is 12.6. The van der Waals surface area contributed by atoms with Crippen LogP contribution in [-0.4, -0.2) is 12.4 Å². The first-order valence-electron chi connectivity index (χ1n) is 7.60. The predicted octanol–water partition coefficient (Wildman–Crippen LogP) is 3.93. The lowest BCUT2D eigenvalue weighted by atomic mass is 9.86. The fraction of sp³-hybridized carbons (Fsp3) is 0.316. The Hall–Kier alpha value is -2.09. The molecule has 0 saturated carbocycles. The Kier molecular flexibility index (Phi) is 4.05. The number of carbonyl (C=O) groups excluding carboxylic acids is 1. The van der Waals surface area contributed by atoms with E-state index in [0.717, 1.165) is 29.7 Å². The topological polar surface area (TPSA) is 26.3 Å². The molecule has 0 aliphatic carbocycles. The molecule has 1 aliphatic heterocycles. The van der Waals surface area contributed by atoms with Crippen molar-refractivity contribution in [3.63, 3.8) is 0 Å². The molecule has 1 aliphatic rings. The normalized spacial score (nSPS) is 16.9. The van der Waals surface area contributed by atoms with Crippen molar-refractivity contribution >= 4 is 5.78 Å². The number of para-hydroxylation sites is 1. The Balaban J connectivity index is 1.76. The fourth-order valence-corrected chi connectivity index (χ4v) is 2.89. The van der Waals surface area contributed by atoms with Crippen molar-refractivity contribution in [2.45, 2.75) is 32.1 Å². The molecule has 0 N–H and O–H groups in total. The molecule has 1 atom stereocenters. The van der Waals surface area contributed by atoms with E-state index in [9.17, 15) is 4.79 Å². The van der Waals surface area contributed by atoms with Crippen molar-refractivity contribution in [2.75, 3.05) is 6.61 Å². The third kappa shape index (κ3) is 2.99. The number of Topliss-reactive ketones (excluding diaryl/α,β-unsaturated/α-hetero) is 1. The van der Waals surface area contributed by atoms with E-state index in [2.05, 4.69) is 31.2 Å². The van der Waals surface area contributed by atoms with Gasteiger partial charge < -0.3 is 4.74 Å². The van der Waals surface area contributed by atoms with Gasteiger partial charge >= 0.3 is 0 Å². The van der Waals surface area contributed by atoms with Crippen LogP contribution in [0.15, 0.2) is 48.5 Å². The number of ketones is 1. The lowest BCUT2D eigenvalue weighted by Gasteiger charge is -2.24. The Morgan fingerprint density at radius 3 is 2.57 bits per heavy atom. The molecule has 1 heterocycles. The molecule has 2 aromatic carbocycles. The third-order valence-electron chi connectivity index (χ3n) is 4.16. The van der Waals surface area contributed by atoms with E-state index in [-0.39, 0.29) is 11.7 Å². The number of hydrogen-bond donors (Lipinski definition) is 0. The zero-order valence-electron chi connectivity index (χ0n) is 12.3. The van der Waals surface area contributed by atoms with Crippen LogP contribution < -0.4 is 4.74 Å². The van der Waals surface area contributed by atoms with Crippen LogP contribution in [0.25, 0.3) is 0 Å². The second-order valence-corrected chi connectivity index (χ2v) is 5.54. The summed E-state index contributed by atoms with van der Waals surface area (Å²) in [6.45, 7) is 2.77. The van der Waals surface area contributed by atoms with E-state index in [0.29, 0.717) is 13.0 Å². The van der Waals surface area contributed by atoms with Gasteiger partial charge in [-0.25, -0.2) is 0 Å². The highest BCUT2D eigenvalue weighted by molar-refractivity contribution is 5.88. The van der Waals surface area contributed by atoms with E-state index in [1.807, 2.05) is 24.3 Å². The number of ether oxygens (including phenoxy) is 1. The minimum atomic E-state index is -0.0270. The van der Waals surface area contributed by atoms with Crippen LogP contribution in [-0.2, 0) is 17.6 Å². The Morgan fingerprint density at radius 1 is 1.10 bits per heavy atom. The number of fused-ring (bicyclic) bond motifs is 1. The first-order chi connectivity index (χ1) is 10.3. The van der Waals surface area contributed by atoms with Gasteiger partial charge in [0.2, 0.25) is 0 Å². The van der Waals surface area contributed by atoms with Crippen LogP contribution in [0.4, 0.5) is 0 Å². The summed E-state index contributed by atoms with van der Waals surface area (Å²) in [5.74, 6) is 1.12. The van der Waals surface area contributed by atoms with Gasteiger partial charge in [-0.2, -0.15) is 0 Å². The molecule has 0 fully saturated rings. The SMILES string of the molecule is CCc1ccc(CC(=O)C2CCOc3ccccc32)cc1. The highest BCUT2D eigenvalue weighted by Gasteiger charge is 2.27. The van der Waals surface area contributed by atoms with E-state index >= 15 is 0 Å². The highest BCUT2D eigenvalue weighted by Crippen LogP contribution is 2.34. The quantitative estimate of drug-likeness (QED) is 0.848. The molecule has 1 unspecified atom stereocenters. The van der Waals surface area contributed by atoms with Gasteiger partial charge in [0.15, 0.2) is 0 Å². The zero-order chi connectivity index (χ0) is 14.7. The Morgan fingerprint density at radius 2 is 1.81 bits per heavy atom. The molecule has 0 amide bonds. The minimum absolute atomic E-state index is 0.0270. The largest absolute Gasteiger partial charge is 0.493 e. The lowest BCUT2D eigenvalue weighted by Crippen LogP contribution is -2.22. The monoisotopic (exact) mass is 280 g/mol. The van der Waals surface area contributed by atoms with E-state index in [1.165, 1.54) is 5.56 Å². The molecular weight excluding hydrogens is 260 g/mol. The molecular formula is C19H20O2. The summed E-state index contributed by atoms with van der Waals surface area (Å²) in [4.78, 5) is 12.6. The van der Waals surface area contributed by atoms with Gasteiger partial charge in [0.25, 0.3) is 0 Å². The first kappa shape index (κ1) is 13.9. The summed E-state index contributed by atoms with van der Waals surface area (Å²) in [7, 11) is 0. The summed E-state index contributed by atoms with van der Waals surface area (Å²) in [5, 5.41) is 0. The summed E-state index contributed by atoms with van der Waals surface area (Å²) < 4.78 is 5.63. The first-order valence-corrected chi connectivity index (χ1v) is 7.60. The number of carbonyl (C=O) groups is 1. The molecule has 3 rings (SSSR count). The fourth-order valence-electron chi connectivity index (χ4n) is 2.89. The lowest BCUT2D eigenvalue weighted by molar-refractivity contribution is -0.120. The van der Waals surface area contributed by atoms with Crippen LogP contribution >= 0.6 is 0 Å². The van der Waals surface area contributed by atoms with Gasteiger partial charge in [-0.05, 0) is 30.0 Å². The molecule has 0 spiro atoms. The van der Waals surface area contributed by atoms with Crippen molar-refractivity contribution in [2.24, 2.45) is 0 Å². The van der Waals surface area contributed by atoms with Crippen LogP contribution in [0.1, 0.15) is 36.0 Å². The second kappa shape index (κ2) is 6.13. The van der Waals surface area contributed by atoms with E-state index < -0.39 is 0 Å². The van der Waals surface area contributed by atoms with E-state index in [4.69, 9.17) is 4.74 Å². The van der Waals surface area contributed by atoms with Crippen LogP contribution in [0.2, 0.25) is 0 Å². The molecule has 2 aromatic rings. The molecule has 0 saturated heterocycles. The standard InChI is InChI=1S/C19H20O2/c1-2-14-7-9-15(10-8-14)13-18(20)16-11-12-21-19-6-4-3-5-17(16)19/h3-10,16H,2,11-13H2,1H3. The van der Waals surface area contributed by atoms with Crippen LogP contribution in [0.3, 0.4) is 0 Å². The molecule has 21 heavy (non-hydrogen) atoms. The maximum absolute atomic E-state index is 12.6. The Bertz CT molecular complexity index is 628. The van der Waals surface area contributed by atoms with Gasteiger partial charge in [0, 0.05) is 17.9 Å². The van der Waals surface area contributed by atoms with Crippen molar-refractivity contribution in [3.8, 4) is 5.75 Å². The van der Waals surface area contributed by atoms with Crippen molar-refractivity contribution in [1.29, 1.82) is 0 Å². The molecule has 108 valence electrons. The van der Waals surface area contributed by atoms with Crippen molar-refractivity contribution in [3.05, 3.63) is 65.2 Å². The smallest absolute Gasteiger partial charge is 0.144 e. The molecule has 2 nitrogen and oxygen atoms in total. The third-order valence-corrected chi connectivity index (χ3v) is 4.16. The molecule has 0 bridgehead atoms. The van der Waals surface area contributed by atoms with Crippen LogP contribution in [0.5, 0.6) is 5.75 Å². The van der Waals surface area contributed by atoms with Crippen molar-refractivity contribution < 1.29 is 9.53 Å². The maximum Gasteiger partial charge on any atom is 0.144 e. The molecule has 0 aromatic heterocycles. The van der Waals surface area contributed by atoms with Crippen LogP contribution in [0, 0.1) is 0 Å². The predicted molar refractivity (Wildman–Crippen MR) is 83.8 cm³/mol. The van der Waals surface area contributed by atoms with Gasteiger partial charge in [-0.3, -0.25) is 4.79 Å². The number of benzene rings is 2. The zero-order valence-corrected chi connectivity index (χ0v) is 12.3. The van der Waals surface area contributed by atoms with Gasteiger partial charge in [0.05, 0.1) is 6.61 Å². The van der Waals surface area contributed by atoms with E-state index in [1.54, 1.807) is 0 Å². The summed E-state index contributed by atoms with van der Waals surface area (Å²) in [5.41, 5.74) is 3.45. The van der Waals surface area contributed by atoms with Gasteiger partial charge in [-0.15, -0.1) is 0 Å². The number of hydrogen-bond acceptors (Lipinski definition) is 2. The van der Waals surface area contributed by atoms with Crippen molar-refractivity contribution in [1.82, 2.24) is 0 Å². The average molecular weight is 280 g/mol. The highest BCUT2D eigenvalue weighted by atomic mass is 16.5. The minimum Gasteiger partial charge on any atom is -0.493 e. The number of rotatable bonds is 4. The summed E-state index contributed by atoms with van der Waals surface area (Å²) >= 11 is 0. The number of aryl methyl sites for hydroxylation is 1. The molecule has 2 heteroatoms. The Labute approximate surface area is 125 Å². The summed E-state index contributed by atoms with van der Waals surface area (Å²) in [6.07, 6.45) is 2.31. The van der Waals surface area contributed by atoms with Gasteiger partial charge in [-0.1, -0.05) is 49.4 Å². The average Bonchev–Trinajstić information content (AvgIpc) is 2.55. The second-order valence-electron chi connectivity index (χ2n) is 5.54. The van der Waals surface area contributed by atoms with Gasteiger partial charge in [0.1, 0.15) is 11.5 Å². The molecule has 0 radical (unpaired) electrons. The summed E-state index contributed by atoms with van der Waals surface area (Å²) in [6, 6.07) is 16.3.